The highest BCUT2D eigenvalue weighted by atomic mass is 32.1. The average molecular weight is 428 g/mol. The van der Waals surface area contributed by atoms with Gasteiger partial charge in [0, 0.05) is 11.9 Å². The van der Waals surface area contributed by atoms with Crippen LogP contribution in [0.15, 0.2) is 30.7 Å². The summed E-state index contributed by atoms with van der Waals surface area (Å²) in [4.78, 5) is 30.1. The molecule has 0 saturated heterocycles. The third-order valence-corrected chi connectivity index (χ3v) is 3.94. The Kier molecular flexibility index (Phi) is 12.6. The molecule has 0 fully saturated rings. The number of nitrogens with one attached hydrogen (secondary N) is 1. The van der Waals surface area contributed by atoms with Gasteiger partial charge in [0.25, 0.3) is 0 Å². The average Bonchev–Trinajstić information content (AvgIpc) is 3.14. The van der Waals surface area contributed by atoms with E-state index in [1.54, 1.807) is 32.2 Å². The van der Waals surface area contributed by atoms with Crippen molar-refractivity contribution >= 4 is 23.5 Å². The van der Waals surface area contributed by atoms with Crippen LogP contribution < -0.4 is 5.32 Å². The van der Waals surface area contributed by atoms with Gasteiger partial charge in [0.05, 0.1) is 24.9 Å². The van der Waals surface area contributed by atoms with E-state index in [0.29, 0.717) is 10.7 Å². The van der Waals surface area contributed by atoms with Crippen LogP contribution in [-0.2, 0) is 16.1 Å². The van der Waals surface area contributed by atoms with Crippen LogP contribution in [0, 0.1) is 0 Å². The normalized spacial score (nSPS) is 11.4. The van der Waals surface area contributed by atoms with Crippen molar-refractivity contribution < 1.29 is 24.2 Å². The molecule has 1 rings (SSSR count). The number of rotatable bonds is 9. The lowest BCUT2D eigenvalue weighted by molar-refractivity contribution is 0.0484. The molecular formula is C20H33N3O5S. The van der Waals surface area contributed by atoms with Gasteiger partial charge in [-0.15, -0.1) is 17.9 Å². The standard InChI is InChI=1S/C18H27N3O5S.C2H6/c1-6-8-21(17(24)25-9-7-2)10-13(14-12-27-15(11-22)19-14)20-16(23)26-18(3,4)5;1-2/h6-7,12-13,22H,1-2,8-11H2,3-5H3,(H,20,23);1-2H3. The molecule has 0 aliphatic heterocycles. The number of aliphatic hydroxyl groups is 1. The fraction of sp³-hybridized carbons (Fsp3) is 0.550. The number of hydrogen-bond donors (Lipinski definition) is 2. The predicted molar refractivity (Wildman–Crippen MR) is 115 cm³/mol. The van der Waals surface area contributed by atoms with Gasteiger partial charge in [-0.05, 0) is 20.8 Å². The second kappa shape index (κ2) is 13.7. The quantitative estimate of drug-likeness (QED) is 0.577. The van der Waals surface area contributed by atoms with Gasteiger partial charge in [-0.3, -0.25) is 0 Å². The zero-order chi connectivity index (χ0) is 22.4. The summed E-state index contributed by atoms with van der Waals surface area (Å²) in [5, 5.41) is 14.2. The van der Waals surface area contributed by atoms with Gasteiger partial charge >= 0.3 is 12.2 Å². The Morgan fingerprint density at radius 1 is 1.34 bits per heavy atom. The van der Waals surface area contributed by atoms with Crippen LogP contribution >= 0.6 is 11.3 Å². The fourth-order valence-corrected chi connectivity index (χ4v) is 2.75. The van der Waals surface area contributed by atoms with Crippen molar-refractivity contribution in [3.63, 3.8) is 0 Å². The fourth-order valence-electron chi connectivity index (χ4n) is 2.04. The Morgan fingerprint density at radius 3 is 2.48 bits per heavy atom. The molecule has 9 heteroatoms. The molecule has 2 N–H and O–H groups in total. The van der Waals surface area contributed by atoms with Gasteiger partial charge in [0.1, 0.15) is 17.2 Å². The molecule has 29 heavy (non-hydrogen) atoms. The number of carbonyl (C=O) groups is 2. The number of ether oxygens (including phenoxy) is 2. The van der Waals surface area contributed by atoms with Crippen LogP contribution in [0.5, 0.6) is 0 Å². The molecule has 0 aliphatic carbocycles. The number of alkyl carbamates (subject to hydrolysis) is 1. The summed E-state index contributed by atoms with van der Waals surface area (Å²) in [5.41, 5.74) is -0.156. The number of carbonyl (C=O) groups excluding carboxylic acids is 2. The first-order valence-electron chi connectivity index (χ1n) is 9.38. The van der Waals surface area contributed by atoms with E-state index in [4.69, 9.17) is 9.47 Å². The molecule has 0 bridgehead atoms. The lowest BCUT2D eigenvalue weighted by atomic mass is 10.2. The SMILES string of the molecule is C=CCOC(=O)N(CC=C)CC(NC(=O)OC(C)(C)C)c1csc(CO)n1.CC. The second-order valence-corrected chi connectivity index (χ2v) is 7.52. The summed E-state index contributed by atoms with van der Waals surface area (Å²) < 4.78 is 10.4. The van der Waals surface area contributed by atoms with E-state index >= 15 is 0 Å². The van der Waals surface area contributed by atoms with Crippen molar-refractivity contribution in [1.29, 1.82) is 0 Å². The van der Waals surface area contributed by atoms with Crippen LogP contribution in [0.1, 0.15) is 51.4 Å². The topological polar surface area (TPSA) is 101 Å². The van der Waals surface area contributed by atoms with Crippen molar-refractivity contribution in [2.75, 3.05) is 19.7 Å². The lowest BCUT2D eigenvalue weighted by Gasteiger charge is -2.27. The highest BCUT2D eigenvalue weighted by Gasteiger charge is 2.26. The molecule has 1 unspecified atom stereocenters. The summed E-state index contributed by atoms with van der Waals surface area (Å²) >= 11 is 1.26. The van der Waals surface area contributed by atoms with Crippen LogP contribution in [-0.4, -0.2) is 52.5 Å². The molecule has 0 spiro atoms. The lowest BCUT2D eigenvalue weighted by Crippen LogP contribution is -2.43. The van der Waals surface area contributed by atoms with Crippen LogP contribution in [0.4, 0.5) is 9.59 Å². The van der Waals surface area contributed by atoms with E-state index < -0.39 is 23.8 Å². The Labute approximate surface area is 177 Å². The predicted octanol–water partition coefficient (Wildman–Crippen LogP) is 4.04. The van der Waals surface area contributed by atoms with Gasteiger partial charge in [-0.1, -0.05) is 32.6 Å². The Bertz CT molecular complexity index is 655. The minimum atomic E-state index is -0.670. The van der Waals surface area contributed by atoms with Crippen molar-refractivity contribution in [1.82, 2.24) is 15.2 Å². The Hall–Kier alpha value is -2.39. The molecule has 0 radical (unpaired) electrons. The third-order valence-electron chi connectivity index (χ3n) is 3.09. The van der Waals surface area contributed by atoms with E-state index in [2.05, 4.69) is 23.5 Å². The summed E-state index contributed by atoms with van der Waals surface area (Å²) in [7, 11) is 0. The van der Waals surface area contributed by atoms with Crippen LogP contribution in [0.25, 0.3) is 0 Å². The van der Waals surface area contributed by atoms with E-state index in [9.17, 15) is 14.7 Å². The molecule has 0 saturated carbocycles. The first kappa shape index (κ1) is 26.6. The van der Waals surface area contributed by atoms with Gasteiger partial charge in [0.2, 0.25) is 0 Å². The Balaban J connectivity index is 0.00000379. The summed E-state index contributed by atoms with van der Waals surface area (Å²) in [6.45, 7) is 16.6. The van der Waals surface area contributed by atoms with Crippen molar-refractivity contribution in [3.05, 3.63) is 41.4 Å². The molecule has 2 amide bonds. The highest BCUT2D eigenvalue weighted by molar-refractivity contribution is 7.09. The largest absolute Gasteiger partial charge is 0.445 e. The monoisotopic (exact) mass is 427 g/mol. The van der Waals surface area contributed by atoms with Crippen molar-refractivity contribution in [3.8, 4) is 0 Å². The number of nitrogens with zero attached hydrogens (tertiary/aromatic N) is 2. The smallest absolute Gasteiger partial charge is 0.410 e. The second-order valence-electron chi connectivity index (χ2n) is 6.58. The van der Waals surface area contributed by atoms with Gasteiger partial charge in [0.15, 0.2) is 0 Å². The molecule has 0 aromatic carbocycles. The highest BCUT2D eigenvalue weighted by Crippen LogP contribution is 2.20. The minimum absolute atomic E-state index is 0.0714. The third kappa shape index (κ3) is 10.7. The number of amides is 2. The molecular weight excluding hydrogens is 394 g/mol. The maximum Gasteiger partial charge on any atom is 0.410 e. The molecule has 8 nitrogen and oxygen atoms in total. The first-order chi connectivity index (χ1) is 13.7. The summed E-state index contributed by atoms with van der Waals surface area (Å²) in [6, 6.07) is -0.646. The van der Waals surface area contributed by atoms with Crippen LogP contribution in [0.2, 0.25) is 0 Å². The number of aliphatic hydroxyl groups excluding tert-OH is 1. The maximum atomic E-state index is 12.2. The molecule has 1 aromatic rings. The van der Waals surface area contributed by atoms with Crippen LogP contribution in [0.3, 0.4) is 0 Å². The van der Waals surface area contributed by atoms with E-state index in [-0.39, 0.29) is 26.3 Å². The number of thiazole rings is 1. The number of aromatic nitrogens is 1. The zero-order valence-corrected chi connectivity index (χ0v) is 18.8. The van der Waals surface area contributed by atoms with Gasteiger partial charge in [-0.25, -0.2) is 14.6 Å². The van der Waals surface area contributed by atoms with Gasteiger partial charge < -0.3 is 24.8 Å². The van der Waals surface area contributed by atoms with Crippen molar-refractivity contribution in [2.45, 2.75) is 52.9 Å². The maximum absolute atomic E-state index is 12.2. The minimum Gasteiger partial charge on any atom is -0.445 e. The molecule has 1 aromatic heterocycles. The van der Waals surface area contributed by atoms with E-state index in [0.717, 1.165) is 0 Å². The molecule has 1 heterocycles. The van der Waals surface area contributed by atoms with E-state index in [1.165, 1.54) is 22.3 Å². The first-order valence-corrected chi connectivity index (χ1v) is 10.3. The summed E-state index contributed by atoms with van der Waals surface area (Å²) in [5.74, 6) is 0. The molecule has 1 atom stereocenters. The zero-order valence-electron chi connectivity index (χ0n) is 17.9. The van der Waals surface area contributed by atoms with E-state index in [1.807, 2.05) is 13.8 Å². The van der Waals surface area contributed by atoms with Crippen molar-refractivity contribution in [2.24, 2.45) is 0 Å². The molecule has 164 valence electrons. The number of hydrogen-bond acceptors (Lipinski definition) is 7. The van der Waals surface area contributed by atoms with Gasteiger partial charge in [-0.2, -0.15) is 0 Å². The molecule has 0 aliphatic rings. The summed E-state index contributed by atoms with van der Waals surface area (Å²) in [6.07, 6.45) is 1.82. The Morgan fingerprint density at radius 2 is 2.00 bits per heavy atom.